The molecule has 0 unspecified atom stereocenters. The minimum atomic E-state index is -0.363. The second kappa shape index (κ2) is 3.22. The van der Waals surface area contributed by atoms with Gasteiger partial charge >= 0.3 is 6.71 Å². The molecule has 1 aromatic rings. The zero-order valence-electron chi connectivity index (χ0n) is 6.96. The fourth-order valence-electron chi connectivity index (χ4n) is 0.753. The largest absolute Gasteiger partial charge is 0.340 e. The number of nitrogens with one attached hydrogen (secondary N) is 1. The standard InChI is InChI=1S/C7H8BN3O/c1-5-3-10-7(8(2)4-9)11-6(5)12/h3H,1-2H3,(H,10,11,12). The summed E-state index contributed by atoms with van der Waals surface area (Å²) in [6.45, 7) is 3.00. The number of nitriles is 1. The molecule has 5 heteroatoms. The summed E-state index contributed by atoms with van der Waals surface area (Å²) in [6.07, 6.45) is 1.47. The third-order valence-electron chi connectivity index (χ3n) is 1.60. The van der Waals surface area contributed by atoms with Crippen LogP contribution in [-0.2, 0) is 0 Å². The highest BCUT2D eigenvalue weighted by molar-refractivity contribution is 6.77. The summed E-state index contributed by atoms with van der Waals surface area (Å²) >= 11 is 0. The van der Waals surface area contributed by atoms with Crippen molar-refractivity contribution in [3.05, 3.63) is 22.1 Å². The van der Waals surface area contributed by atoms with Gasteiger partial charge in [0.15, 0.2) is 0 Å². The average molecular weight is 161 g/mol. The van der Waals surface area contributed by atoms with Crippen molar-refractivity contribution in [3.8, 4) is 5.97 Å². The topological polar surface area (TPSA) is 69.5 Å². The van der Waals surface area contributed by atoms with Crippen molar-refractivity contribution in [1.29, 1.82) is 5.26 Å². The summed E-state index contributed by atoms with van der Waals surface area (Å²) in [6, 6.07) is 0. The monoisotopic (exact) mass is 161 g/mol. The van der Waals surface area contributed by atoms with Crippen LogP contribution >= 0.6 is 0 Å². The molecule has 0 spiro atoms. The maximum atomic E-state index is 11.1. The third kappa shape index (κ3) is 1.53. The molecule has 0 aliphatic carbocycles. The molecule has 12 heavy (non-hydrogen) atoms. The van der Waals surface area contributed by atoms with E-state index in [1.54, 1.807) is 13.7 Å². The van der Waals surface area contributed by atoms with E-state index >= 15 is 0 Å². The first-order valence-corrected chi connectivity index (χ1v) is 3.60. The predicted molar refractivity (Wildman–Crippen MR) is 46.5 cm³/mol. The third-order valence-corrected chi connectivity index (χ3v) is 1.60. The van der Waals surface area contributed by atoms with Crippen LogP contribution in [0, 0.1) is 18.2 Å². The molecule has 0 saturated heterocycles. The van der Waals surface area contributed by atoms with Gasteiger partial charge in [-0.1, -0.05) is 6.82 Å². The Kier molecular flexibility index (Phi) is 2.29. The summed E-state index contributed by atoms with van der Waals surface area (Å²) in [5, 5.41) is 8.54. The summed E-state index contributed by atoms with van der Waals surface area (Å²) in [5.74, 6) is 2.00. The lowest BCUT2D eigenvalue weighted by Crippen LogP contribution is -2.36. The van der Waals surface area contributed by atoms with Gasteiger partial charge in [0.25, 0.3) is 5.56 Å². The van der Waals surface area contributed by atoms with Gasteiger partial charge in [-0.15, -0.1) is 0 Å². The van der Waals surface area contributed by atoms with Gasteiger partial charge in [-0.25, -0.2) is 5.26 Å². The van der Waals surface area contributed by atoms with Crippen LogP contribution in [0.2, 0.25) is 6.82 Å². The summed E-state index contributed by atoms with van der Waals surface area (Å²) < 4.78 is 0. The number of nitrogens with zero attached hydrogens (tertiary/aromatic N) is 2. The number of H-pyrrole nitrogens is 1. The van der Waals surface area contributed by atoms with Crippen LogP contribution in [0.5, 0.6) is 0 Å². The lowest BCUT2D eigenvalue weighted by molar-refractivity contribution is 1.12. The summed E-state index contributed by atoms with van der Waals surface area (Å²) in [7, 11) is 0. The molecule has 0 aliphatic rings. The van der Waals surface area contributed by atoms with Crippen LogP contribution in [-0.4, -0.2) is 16.7 Å². The maximum absolute atomic E-state index is 11.1. The second-order valence-corrected chi connectivity index (χ2v) is 2.63. The Balaban J connectivity index is 3.16. The molecule has 0 radical (unpaired) electrons. The fourth-order valence-corrected chi connectivity index (χ4v) is 0.753. The molecule has 0 atom stereocenters. The van der Waals surface area contributed by atoms with Gasteiger partial charge in [0.1, 0.15) is 0 Å². The molecular formula is C7H8BN3O. The van der Waals surface area contributed by atoms with Gasteiger partial charge in [-0.2, -0.15) is 0 Å². The molecule has 1 aromatic heterocycles. The van der Waals surface area contributed by atoms with E-state index in [9.17, 15) is 4.79 Å². The molecule has 60 valence electrons. The maximum Gasteiger partial charge on any atom is 0.340 e. The highest BCUT2D eigenvalue weighted by atomic mass is 16.1. The van der Waals surface area contributed by atoms with Crippen molar-refractivity contribution in [2.75, 3.05) is 0 Å². The van der Waals surface area contributed by atoms with E-state index < -0.39 is 0 Å². The molecule has 0 fully saturated rings. The Labute approximate surface area is 70.3 Å². The van der Waals surface area contributed by atoms with Gasteiger partial charge in [-0.3, -0.25) is 9.78 Å². The molecule has 0 saturated carbocycles. The molecular weight excluding hydrogens is 153 g/mol. The average Bonchev–Trinajstić information content (AvgIpc) is 2.08. The van der Waals surface area contributed by atoms with Gasteiger partial charge in [0.05, 0.1) is 5.72 Å². The number of rotatable bonds is 1. The lowest BCUT2D eigenvalue weighted by Gasteiger charge is -1.97. The molecule has 1 N–H and O–H groups in total. The molecule has 0 amide bonds. The fraction of sp³-hybridized carbons (Fsp3) is 0.286. The van der Waals surface area contributed by atoms with Crippen molar-refractivity contribution in [2.24, 2.45) is 0 Å². The molecule has 1 heterocycles. The molecule has 1 rings (SSSR count). The normalized spacial score (nSPS) is 9.08. The van der Waals surface area contributed by atoms with E-state index in [4.69, 9.17) is 5.26 Å². The molecule has 0 aromatic carbocycles. The first-order valence-electron chi connectivity index (χ1n) is 3.60. The van der Waals surface area contributed by atoms with Crippen molar-refractivity contribution in [2.45, 2.75) is 13.7 Å². The summed E-state index contributed by atoms with van der Waals surface area (Å²) in [5.41, 5.74) is 0.805. The highest BCUT2D eigenvalue weighted by Crippen LogP contribution is 1.80. The predicted octanol–water partition coefficient (Wildman–Crippen LogP) is -0.527. The van der Waals surface area contributed by atoms with E-state index in [1.165, 1.54) is 6.20 Å². The van der Waals surface area contributed by atoms with Crippen LogP contribution in [0.3, 0.4) is 0 Å². The smallest absolute Gasteiger partial charge is 0.317 e. The van der Waals surface area contributed by atoms with Gasteiger partial charge in [0.2, 0.25) is 0 Å². The van der Waals surface area contributed by atoms with Gasteiger partial charge in [-0.05, 0) is 6.92 Å². The molecule has 4 nitrogen and oxygen atoms in total. The molecule has 0 aliphatic heterocycles. The highest BCUT2D eigenvalue weighted by Gasteiger charge is 2.11. The second-order valence-electron chi connectivity index (χ2n) is 2.63. The Morgan fingerprint density at radius 2 is 2.42 bits per heavy atom. The number of hydrogen-bond donors (Lipinski definition) is 1. The minimum absolute atomic E-state index is 0.179. The van der Waals surface area contributed by atoms with Crippen molar-refractivity contribution in [1.82, 2.24) is 9.97 Å². The van der Waals surface area contributed by atoms with E-state index in [1.807, 2.05) is 5.97 Å². The van der Waals surface area contributed by atoms with Crippen molar-refractivity contribution >= 4 is 12.4 Å². The van der Waals surface area contributed by atoms with E-state index in [-0.39, 0.29) is 12.3 Å². The number of aromatic nitrogens is 2. The quantitative estimate of drug-likeness (QED) is 0.563. The van der Waals surface area contributed by atoms with Crippen LogP contribution in [0.15, 0.2) is 11.0 Å². The Morgan fingerprint density at radius 1 is 1.75 bits per heavy atom. The van der Waals surface area contributed by atoms with E-state index in [0.717, 1.165) is 0 Å². The molecule has 0 bridgehead atoms. The van der Waals surface area contributed by atoms with Crippen molar-refractivity contribution < 1.29 is 0 Å². The van der Waals surface area contributed by atoms with E-state index in [0.29, 0.717) is 11.3 Å². The Hall–Kier alpha value is -1.57. The SMILES string of the molecule is CB(C#N)c1ncc(C)c(=O)[nH]1. The zero-order chi connectivity index (χ0) is 9.14. The van der Waals surface area contributed by atoms with Crippen LogP contribution in [0.1, 0.15) is 5.56 Å². The van der Waals surface area contributed by atoms with Gasteiger partial charge < -0.3 is 4.98 Å². The van der Waals surface area contributed by atoms with E-state index in [2.05, 4.69) is 9.97 Å². The van der Waals surface area contributed by atoms with Crippen molar-refractivity contribution in [3.63, 3.8) is 0 Å². The first-order chi connectivity index (χ1) is 5.65. The van der Waals surface area contributed by atoms with Gasteiger partial charge in [0, 0.05) is 17.7 Å². The number of aromatic amines is 1. The van der Waals surface area contributed by atoms with Crippen LogP contribution < -0.4 is 11.3 Å². The lowest BCUT2D eigenvalue weighted by atomic mass is 9.53. The van der Waals surface area contributed by atoms with Crippen LogP contribution in [0.4, 0.5) is 0 Å². The summed E-state index contributed by atoms with van der Waals surface area (Å²) in [4.78, 5) is 17.5. The minimum Gasteiger partial charge on any atom is -0.317 e. The number of aryl methyl sites for hydroxylation is 1. The number of hydrogen-bond acceptors (Lipinski definition) is 3. The van der Waals surface area contributed by atoms with Crippen LogP contribution in [0.25, 0.3) is 0 Å². The zero-order valence-corrected chi connectivity index (χ0v) is 6.96. The first kappa shape index (κ1) is 8.53. The Morgan fingerprint density at radius 3 is 2.92 bits per heavy atom. The Bertz CT molecular complexity index is 379.